The Labute approximate surface area is 236 Å². The summed E-state index contributed by atoms with van der Waals surface area (Å²) in [6.07, 6.45) is 3.95. The van der Waals surface area contributed by atoms with Crippen LogP contribution in [0.2, 0.25) is 0 Å². The monoisotopic (exact) mass is 547 g/mol. The van der Waals surface area contributed by atoms with Crippen molar-refractivity contribution in [2.75, 3.05) is 27.3 Å². The number of fused-ring (bicyclic) bond motifs is 3. The molecular formula is C31H41N5O4. The number of carbonyl (C=O) groups is 1. The fraction of sp³-hybridized carbons (Fsp3) is 0.484. The lowest BCUT2D eigenvalue weighted by molar-refractivity contribution is -0.0801. The van der Waals surface area contributed by atoms with Gasteiger partial charge in [0.15, 0.2) is 12.0 Å². The molecule has 3 aromatic rings. The van der Waals surface area contributed by atoms with Gasteiger partial charge >= 0.3 is 0 Å². The number of aromatic nitrogens is 2. The Bertz CT molecular complexity index is 1430. The third-order valence-electron chi connectivity index (χ3n) is 8.56. The summed E-state index contributed by atoms with van der Waals surface area (Å²) in [6, 6.07) is 11.7. The number of aryl methyl sites for hydroxylation is 1. The Morgan fingerprint density at radius 1 is 1.18 bits per heavy atom. The largest absolute Gasteiger partial charge is 0.497 e. The van der Waals surface area contributed by atoms with E-state index < -0.39 is 11.9 Å². The molecule has 3 heterocycles. The molecule has 1 fully saturated rings. The van der Waals surface area contributed by atoms with E-state index in [0.717, 1.165) is 52.1 Å². The van der Waals surface area contributed by atoms with E-state index in [1.807, 2.05) is 43.4 Å². The predicted octanol–water partition coefficient (Wildman–Crippen LogP) is 4.36. The lowest BCUT2D eigenvalue weighted by atomic mass is 9.83. The summed E-state index contributed by atoms with van der Waals surface area (Å²) in [5, 5.41) is 20.2. The molecule has 40 heavy (non-hydrogen) atoms. The van der Waals surface area contributed by atoms with Gasteiger partial charge in [0, 0.05) is 55.3 Å². The Balaban J connectivity index is 1.47. The molecule has 214 valence electrons. The number of likely N-dealkylation sites (N-methyl/N-ethyl adjacent to an activating group) is 1. The highest BCUT2D eigenvalue weighted by Crippen LogP contribution is 2.49. The van der Waals surface area contributed by atoms with Crippen LogP contribution in [0.15, 0.2) is 48.2 Å². The minimum absolute atomic E-state index is 0.0607. The van der Waals surface area contributed by atoms with Crippen molar-refractivity contribution in [3.8, 4) is 11.5 Å². The van der Waals surface area contributed by atoms with Crippen LogP contribution in [-0.2, 0) is 13.6 Å². The fourth-order valence-electron chi connectivity index (χ4n) is 6.84. The Morgan fingerprint density at radius 2 is 1.95 bits per heavy atom. The minimum atomic E-state index is -0.784. The molecule has 0 saturated carbocycles. The zero-order valence-corrected chi connectivity index (χ0v) is 24.4. The molecule has 0 radical (unpaired) electrons. The normalized spacial score (nSPS) is 22.5. The van der Waals surface area contributed by atoms with Crippen LogP contribution in [0.4, 0.5) is 0 Å². The van der Waals surface area contributed by atoms with Gasteiger partial charge in [0.05, 0.1) is 25.3 Å². The second-order valence-corrected chi connectivity index (χ2v) is 10.8. The molecule has 3 atom stereocenters. The number of benzene rings is 2. The van der Waals surface area contributed by atoms with Crippen molar-refractivity contribution in [1.82, 2.24) is 24.9 Å². The summed E-state index contributed by atoms with van der Waals surface area (Å²) in [5.41, 5.74) is 4.21. The smallest absolute Gasteiger partial charge is 0.272 e. The lowest BCUT2D eigenvalue weighted by Gasteiger charge is -2.39. The van der Waals surface area contributed by atoms with Crippen LogP contribution < -0.4 is 14.8 Å². The van der Waals surface area contributed by atoms with Crippen molar-refractivity contribution in [2.24, 2.45) is 7.05 Å². The number of hydrogen-bond donors (Lipinski definition) is 2. The van der Waals surface area contributed by atoms with Crippen LogP contribution in [0.3, 0.4) is 0 Å². The summed E-state index contributed by atoms with van der Waals surface area (Å²) in [5.74, 6) is 1.40. The SMILES string of the molecule is CCCC1(CCNC(=O)c2nn(C)c3ccccc23)C2=C[C@H](C)c3c(cc(OC)cc3OC)CN2C(O)N1CC. The Kier molecular flexibility index (Phi) is 7.79. The van der Waals surface area contributed by atoms with Gasteiger partial charge < -0.3 is 24.8 Å². The molecule has 1 amide bonds. The van der Waals surface area contributed by atoms with Gasteiger partial charge in [-0.2, -0.15) is 5.10 Å². The minimum Gasteiger partial charge on any atom is -0.497 e. The van der Waals surface area contributed by atoms with E-state index in [2.05, 4.69) is 47.1 Å². The third-order valence-corrected chi connectivity index (χ3v) is 8.56. The maximum absolute atomic E-state index is 13.3. The van der Waals surface area contributed by atoms with Crippen LogP contribution in [0.1, 0.15) is 67.6 Å². The topological polar surface area (TPSA) is 92.1 Å². The fourth-order valence-corrected chi connectivity index (χ4v) is 6.84. The van der Waals surface area contributed by atoms with E-state index >= 15 is 0 Å². The van der Waals surface area contributed by atoms with Gasteiger partial charge in [0.25, 0.3) is 5.91 Å². The van der Waals surface area contributed by atoms with Crippen molar-refractivity contribution < 1.29 is 19.4 Å². The number of nitrogens with one attached hydrogen (secondary N) is 1. The highest BCUT2D eigenvalue weighted by Gasteiger charge is 2.53. The van der Waals surface area contributed by atoms with Crippen LogP contribution in [0, 0.1) is 0 Å². The van der Waals surface area contributed by atoms with Crippen LogP contribution >= 0.6 is 0 Å². The highest BCUT2D eigenvalue weighted by molar-refractivity contribution is 6.04. The molecule has 9 nitrogen and oxygen atoms in total. The van der Waals surface area contributed by atoms with Crippen molar-refractivity contribution in [3.63, 3.8) is 0 Å². The van der Waals surface area contributed by atoms with Crippen LogP contribution in [0.5, 0.6) is 11.5 Å². The zero-order valence-electron chi connectivity index (χ0n) is 24.4. The second kappa shape index (κ2) is 11.1. The molecule has 5 rings (SSSR count). The van der Waals surface area contributed by atoms with E-state index in [9.17, 15) is 9.90 Å². The summed E-state index contributed by atoms with van der Waals surface area (Å²) in [4.78, 5) is 17.6. The van der Waals surface area contributed by atoms with Crippen LogP contribution in [0.25, 0.3) is 10.9 Å². The molecule has 0 spiro atoms. The number of nitrogens with zero attached hydrogens (tertiary/aromatic N) is 4. The molecule has 1 aromatic heterocycles. The molecular weight excluding hydrogens is 506 g/mol. The number of hydrogen-bond acceptors (Lipinski definition) is 7. The summed E-state index contributed by atoms with van der Waals surface area (Å²) < 4.78 is 13.1. The van der Waals surface area contributed by atoms with Crippen molar-refractivity contribution in [1.29, 1.82) is 0 Å². The Hall–Kier alpha value is -3.56. The molecule has 0 aliphatic carbocycles. The van der Waals surface area contributed by atoms with Crippen molar-refractivity contribution in [3.05, 3.63) is 65.0 Å². The standard InChI is InChI=1S/C31H41N5O4/c1-7-13-31(14-15-32-29(37)28-23-11-9-10-12-24(23)34(4)33-28)26-16-20(3)27-21(17-22(39-5)18-25(27)40-6)19-35(26)30(38)36(31)8-2/h9-12,16-18,20,30,38H,7-8,13-15,19H2,1-6H3,(H,32,37)/t20-,30?,31?/m0/s1. The van der Waals surface area contributed by atoms with Gasteiger partial charge in [-0.15, -0.1) is 0 Å². The number of rotatable bonds is 9. The summed E-state index contributed by atoms with van der Waals surface area (Å²) in [6.45, 7) is 8.10. The highest BCUT2D eigenvalue weighted by atomic mass is 16.5. The van der Waals surface area contributed by atoms with Crippen molar-refractivity contribution in [2.45, 2.75) is 64.4 Å². The zero-order chi connectivity index (χ0) is 28.6. The predicted molar refractivity (Wildman–Crippen MR) is 155 cm³/mol. The average molecular weight is 548 g/mol. The second-order valence-electron chi connectivity index (χ2n) is 10.8. The lowest BCUT2D eigenvalue weighted by Crippen LogP contribution is -2.50. The maximum atomic E-state index is 13.3. The number of aliphatic hydroxyl groups excluding tert-OH is 1. The molecule has 2 aliphatic rings. The number of aliphatic hydroxyl groups is 1. The first-order chi connectivity index (χ1) is 19.3. The van der Waals surface area contributed by atoms with Crippen molar-refractivity contribution >= 4 is 16.8 Å². The van der Waals surface area contributed by atoms with E-state index in [1.165, 1.54) is 0 Å². The first kappa shape index (κ1) is 28.0. The Morgan fingerprint density at radius 3 is 2.65 bits per heavy atom. The number of carbonyl (C=O) groups excluding carboxylic acids is 1. The van der Waals surface area contributed by atoms with Gasteiger partial charge in [0.2, 0.25) is 0 Å². The first-order valence-electron chi connectivity index (χ1n) is 14.2. The van der Waals surface area contributed by atoms with Gasteiger partial charge in [-0.1, -0.05) is 51.5 Å². The number of para-hydroxylation sites is 1. The summed E-state index contributed by atoms with van der Waals surface area (Å²) >= 11 is 0. The molecule has 2 unspecified atom stereocenters. The molecule has 0 bridgehead atoms. The average Bonchev–Trinajstić information content (AvgIpc) is 3.33. The van der Waals surface area contributed by atoms with Gasteiger partial charge in [-0.05, 0) is 30.5 Å². The van der Waals surface area contributed by atoms with E-state index in [0.29, 0.717) is 31.7 Å². The van der Waals surface area contributed by atoms with Crippen LogP contribution in [-0.4, -0.2) is 69.8 Å². The molecule has 2 N–H and O–H groups in total. The molecule has 1 saturated heterocycles. The number of ether oxygens (including phenoxy) is 2. The number of amides is 1. The third kappa shape index (κ3) is 4.51. The van der Waals surface area contributed by atoms with Gasteiger partial charge in [-0.3, -0.25) is 9.48 Å². The molecule has 2 aromatic carbocycles. The van der Waals surface area contributed by atoms with Gasteiger partial charge in [0.1, 0.15) is 11.5 Å². The summed E-state index contributed by atoms with van der Waals surface area (Å²) in [7, 11) is 5.19. The van der Waals surface area contributed by atoms with E-state index in [-0.39, 0.29) is 11.8 Å². The van der Waals surface area contributed by atoms with E-state index in [4.69, 9.17) is 9.47 Å². The first-order valence-corrected chi connectivity index (χ1v) is 14.2. The van der Waals surface area contributed by atoms with Gasteiger partial charge in [-0.25, -0.2) is 4.90 Å². The molecule has 9 heteroatoms. The quantitative estimate of drug-likeness (QED) is 0.411. The number of allylic oxidation sites excluding steroid dienone is 1. The maximum Gasteiger partial charge on any atom is 0.272 e. The molecule has 2 aliphatic heterocycles. The number of methoxy groups -OCH3 is 2. The van der Waals surface area contributed by atoms with E-state index in [1.54, 1.807) is 18.9 Å².